The number of aliphatic hydroxyl groups excluding tert-OH is 1. The number of halogens is 1. The van der Waals surface area contributed by atoms with E-state index in [4.69, 9.17) is 0 Å². The van der Waals surface area contributed by atoms with Crippen molar-refractivity contribution < 1.29 is 5.11 Å². The molecule has 0 spiro atoms. The first kappa shape index (κ1) is 14.3. The first-order valence-corrected chi connectivity index (χ1v) is 7.21. The Morgan fingerprint density at radius 3 is 2.11 bits per heavy atom. The van der Waals surface area contributed by atoms with Gasteiger partial charge in [-0.2, -0.15) is 0 Å². The topological polar surface area (TPSA) is 20.2 Å². The van der Waals surface area contributed by atoms with Crippen LogP contribution in [-0.4, -0.2) is 5.11 Å². The van der Waals surface area contributed by atoms with E-state index in [0.717, 1.165) is 15.6 Å². The van der Waals surface area contributed by atoms with E-state index in [2.05, 4.69) is 48.8 Å². The van der Waals surface area contributed by atoms with Gasteiger partial charge in [0, 0.05) is 4.47 Å². The molecular formula is C17H19BrO. The fraction of sp³-hybridized carbons (Fsp3) is 0.294. The molecular weight excluding hydrogens is 300 g/mol. The Morgan fingerprint density at radius 1 is 0.947 bits per heavy atom. The number of hydrogen-bond acceptors (Lipinski definition) is 1. The summed E-state index contributed by atoms with van der Waals surface area (Å²) in [5, 5.41) is 10.4. The highest BCUT2D eigenvalue weighted by Crippen LogP contribution is 2.27. The summed E-state index contributed by atoms with van der Waals surface area (Å²) >= 11 is 3.43. The van der Waals surface area contributed by atoms with E-state index in [1.807, 2.05) is 36.4 Å². The molecule has 0 aliphatic carbocycles. The van der Waals surface area contributed by atoms with Gasteiger partial charge in [-0.1, -0.05) is 73.1 Å². The molecule has 2 rings (SSSR count). The van der Waals surface area contributed by atoms with Gasteiger partial charge in [-0.15, -0.1) is 0 Å². The zero-order valence-corrected chi connectivity index (χ0v) is 13.1. The normalized spacial score (nSPS) is 13.3. The molecule has 0 bridgehead atoms. The Kier molecular flexibility index (Phi) is 4.12. The lowest BCUT2D eigenvalue weighted by atomic mass is 9.86. The van der Waals surface area contributed by atoms with Gasteiger partial charge in [-0.25, -0.2) is 0 Å². The molecule has 0 aliphatic rings. The van der Waals surface area contributed by atoms with Crippen LogP contribution in [0.5, 0.6) is 0 Å². The van der Waals surface area contributed by atoms with Crippen molar-refractivity contribution in [2.24, 2.45) is 0 Å². The van der Waals surface area contributed by atoms with Crippen LogP contribution < -0.4 is 0 Å². The van der Waals surface area contributed by atoms with Crippen LogP contribution in [0.2, 0.25) is 0 Å². The summed E-state index contributed by atoms with van der Waals surface area (Å²) in [7, 11) is 0. The fourth-order valence-corrected chi connectivity index (χ4v) is 2.45. The minimum absolute atomic E-state index is 0.138. The smallest absolute Gasteiger partial charge is 0.104 e. The maximum Gasteiger partial charge on any atom is 0.104 e. The van der Waals surface area contributed by atoms with Crippen LogP contribution in [0.15, 0.2) is 53.0 Å². The van der Waals surface area contributed by atoms with Gasteiger partial charge in [0.2, 0.25) is 0 Å². The van der Waals surface area contributed by atoms with E-state index in [-0.39, 0.29) is 5.41 Å². The second-order valence-electron chi connectivity index (χ2n) is 5.83. The molecule has 1 atom stereocenters. The van der Waals surface area contributed by atoms with Crippen molar-refractivity contribution in [2.45, 2.75) is 32.3 Å². The molecule has 0 radical (unpaired) electrons. The summed E-state index contributed by atoms with van der Waals surface area (Å²) in [5.74, 6) is 0. The quantitative estimate of drug-likeness (QED) is 0.841. The van der Waals surface area contributed by atoms with E-state index in [0.29, 0.717) is 0 Å². The molecule has 0 heterocycles. The molecule has 0 amide bonds. The summed E-state index contributed by atoms with van der Waals surface area (Å²) in [4.78, 5) is 0. The Labute approximate surface area is 123 Å². The van der Waals surface area contributed by atoms with Crippen LogP contribution in [0.1, 0.15) is 43.6 Å². The molecule has 1 N–H and O–H groups in total. The Morgan fingerprint density at radius 2 is 1.58 bits per heavy atom. The average Bonchev–Trinajstić information content (AvgIpc) is 2.37. The van der Waals surface area contributed by atoms with Crippen LogP contribution in [0, 0.1) is 0 Å². The average molecular weight is 319 g/mol. The first-order chi connectivity index (χ1) is 8.88. The summed E-state index contributed by atoms with van der Waals surface area (Å²) < 4.78 is 0.982. The van der Waals surface area contributed by atoms with Gasteiger partial charge in [0.15, 0.2) is 0 Å². The highest BCUT2D eigenvalue weighted by molar-refractivity contribution is 9.10. The van der Waals surface area contributed by atoms with Gasteiger partial charge in [0.05, 0.1) is 0 Å². The number of benzene rings is 2. The summed E-state index contributed by atoms with van der Waals surface area (Å²) in [6.45, 7) is 6.56. The van der Waals surface area contributed by atoms with Crippen LogP contribution in [0.25, 0.3) is 0 Å². The number of aliphatic hydroxyl groups is 1. The SMILES string of the molecule is CC(C)(C)c1ccc(C(O)c2cccc(Br)c2)cc1. The highest BCUT2D eigenvalue weighted by atomic mass is 79.9. The van der Waals surface area contributed by atoms with Crippen LogP contribution in [-0.2, 0) is 5.41 Å². The van der Waals surface area contributed by atoms with Crippen LogP contribution in [0.4, 0.5) is 0 Å². The predicted octanol–water partition coefficient (Wildman–Crippen LogP) is 4.83. The summed E-state index contributed by atoms with van der Waals surface area (Å²) in [6.07, 6.45) is -0.577. The van der Waals surface area contributed by atoms with Crippen molar-refractivity contribution in [3.05, 3.63) is 69.7 Å². The second kappa shape index (κ2) is 5.48. The largest absolute Gasteiger partial charge is 0.384 e. The molecule has 19 heavy (non-hydrogen) atoms. The summed E-state index contributed by atoms with van der Waals surface area (Å²) in [5.41, 5.74) is 3.24. The third kappa shape index (κ3) is 3.46. The van der Waals surface area contributed by atoms with Crippen molar-refractivity contribution >= 4 is 15.9 Å². The Hall–Kier alpha value is -1.12. The Balaban J connectivity index is 2.27. The standard InChI is InChI=1S/C17H19BrO/c1-17(2,3)14-9-7-12(8-10-14)16(19)13-5-4-6-15(18)11-13/h4-11,16,19H,1-3H3. The minimum atomic E-state index is -0.577. The zero-order valence-electron chi connectivity index (χ0n) is 11.5. The van der Waals surface area contributed by atoms with Gasteiger partial charge in [0.25, 0.3) is 0 Å². The van der Waals surface area contributed by atoms with Gasteiger partial charge in [-0.3, -0.25) is 0 Å². The maximum absolute atomic E-state index is 10.4. The van der Waals surface area contributed by atoms with Gasteiger partial charge in [-0.05, 0) is 34.2 Å². The number of hydrogen-bond donors (Lipinski definition) is 1. The second-order valence-corrected chi connectivity index (χ2v) is 6.75. The van der Waals surface area contributed by atoms with Crippen molar-refractivity contribution in [3.63, 3.8) is 0 Å². The lowest BCUT2D eigenvalue weighted by Gasteiger charge is -2.20. The monoisotopic (exact) mass is 318 g/mol. The highest BCUT2D eigenvalue weighted by Gasteiger charge is 2.15. The van der Waals surface area contributed by atoms with Gasteiger partial charge < -0.3 is 5.11 Å². The molecule has 0 aliphatic heterocycles. The van der Waals surface area contributed by atoms with Gasteiger partial charge >= 0.3 is 0 Å². The third-order valence-electron chi connectivity index (χ3n) is 3.26. The molecule has 0 fully saturated rings. The van der Waals surface area contributed by atoms with E-state index < -0.39 is 6.10 Å². The van der Waals surface area contributed by atoms with Crippen molar-refractivity contribution in [2.75, 3.05) is 0 Å². The van der Waals surface area contributed by atoms with Crippen molar-refractivity contribution in [1.82, 2.24) is 0 Å². The van der Waals surface area contributed by atoms with Crippen molar-refractivity contribution in [1.29, 1.82) is 0 Å². The molecule has 100 valence electrons. The molecule has 2 aromatic rings. The zero-order chi connectivity index (χ0) is 14.0. The molecule has 1 nitrogen and oxygen atoms in total. The third-order valence-corrected chi connectivity index (χ3v) is 3.75. The van der Waals surface area contributed by atoms with E-state index >= 15 is 0 Å². The Bertz CT molecular complexity index is 552. The lowest BCUT2D eigenvalue weighted by Crippen LogP contribution is -2.11. The van der Waals surface area contributed by atoms with E-state index in [9.17, 15) is 5.11 Å². The predicted molar refractivity (Wildman–Crippen MR) is 83.3 cm³/mol. The molecule has 0 saturated heterocycles. The number of rotatable bonds is 2. The van der Waals surface area contributed by atoms with E-state index in [1.165, 1.54) is 5.56 Å². The minimum Gasteiger partial charge on any atom is -0.384 e. The van der Waals surface area contributed by atoms with E-state index in [1.54, 1.807) is 0 Å². The first-order valence-electron chi connectivity index (χ1n) is 6.42. The van der Waals surface area contributed by atoms with Crippen LogP contribution >= 0.6 is 15.9 Å². The van der Waals surface area contributed by atoms with Crippen molar-refractivity contribution in [3.8, 4) is 0 Å². The molecule has 0 saturated carbocycles. The van der Waals surface area contributed by atoms with Gasteiger partial charge in [0.1, 0.15) is 6.10 Å². The molecule has 0 aromatic heterocycles. The summed E-state index contributed by atoms with van der Waals surface area (Å²) in [6, 6.07) is 16.0. The fourth-order valence-electron chi connectivity index (χ4n) is 2.03. The molecule has 2 aromatic carbocycles. The molecule has 2 heteroatoms. The maximum atomic E-state index is 10.4. The molecule has 1 unspecified atom stereocenters. The lowest BCUT2D eigenvalue weighted by molar-refractivity contribution is 0.220. The van der Waals surface area contributed by atoms with Crippen LogP contribution in [0.3, 0.4) is 0 Å².